The second-order valence-electron chi connectivity index (χ2n) is 3.39. The Morgan fingerprint density at radius 1 is 1.41 bits per heavy atom. The molecule has 0 spiro atoms. The monoisotopic (exact) mass is 260 g/mol. The van der Waals surface area contributed by atoms with Gasteiger partial charge in [-0.15, -0.1) is 0 Å². The summed E-state index contributed by atoms with van der Waals surface area (Å²) in [6.45, 7) is 0.490. The van der Waals surface area contributed by atoms with Gasteiger partial charge in [-0.25, -0.2) is 4.79 Å². The van der Waals surface area contributed by atoms with Crippen LogP contribution < -0.4 is 9.47 Å². The molecule has 1 aromatic carbocycles. The molecule has 1 aromatic rings. The van der Waals surface area contributed by atoms with E-state index in [1.165, 1.54) is 6.07 Å². The predicted octanol–water partition coefficient (Wildman–Crippen LogP) is 0.935. The van der Waals surface area contributed by atoms with Crippen LogP contribution in [-0.2, 0) is 4.79 Å². The molecular weight excluding hydrogens is 252 g/mol. The Labute approximate surface area is 101 Å². The average molecular weight is 261 g/mol. The molecule has 0 bridgehead atoms. The third-order valence-electron chi connectivity index (χ3n) is 2.30. The lowest BCUT2D eigenvalue weighted by molar-refractivity contribution is -0.147. The van der Waals surface area contributed by atoms with Gasteiger partial charge in [0.15, 0.2) is 17.6 Å². The summed E-state index contributed by atoms with van der Waals surface area (Å²) in [7, 11) is 0. The van der Waals surface area contributed by atoms with Crippen LogP contribution >= 0.6 is 11.6 Å². The van der Waals surface area contributed by atoms with Crippen LogP contribution in [0.4, 0.5) is 0 Å². The highest BCUT2D eigenvalue weighted by Crippen LogP contribution is 2.46. The molecule has 1 unspecified atom stereocenters. The molecule has 1 aliphatic heterocycles. The van der Waals surface area contributed by atoms with E-state index in [1.807, 2.05) is 0 Å². The molecule has 1 heterocycles. The van der Waals surface area contributed by atoms with Crippen molar-refractivity contribution in [2.75, 3.05) is 13.2 Å². The number of phenols is 1. The number of carboxylic acids is 1. The number of fused-ring (bicyclic) bond motifs is 1. The Balaban J connectivity index is 2.62. The number of aliphatic hydroxyl groups is 1. The predicted molar refractivity (Wildman–Crippen MR) is 56.7 cm³/mol. The van der Waals surface area contributed by atoms with Crippen molar-refractivity contribution >= 4 is 17.6 Å². The number of ether oxygens (including phenoxy) is 2. The third-order valence-corrected chi connectivity index (χ3v) is 2.59. The fraction of sp³-hybridized carbons (Fsp3) is 0.300. The Hall–Kier alpha value is -1.66. The normalized spacial score (nSPS) is 15.4. The maximum atomic E-state index is 10.7. The van der Waals surface area contributed by atoms with Gasteiger partial charge >= 0.3 is 5.97 Å². The quantitative estimate of drug-likeness (QED) is 0.732. The van der Waals surface area contributed by atoms with E-state index in [0.29, 0.717) is 0 Å². The van der Waals surface area contributed by atoms with E-state index in [4.69, 9.17) is 26.2 Å². The van der Waals surface area contributed by atoms with Crippen LogP contribution in [0.1, 0.15) is 11.7 Å². The van der Waals surface area contributed by atoms with Gasteiger partial charge in [-0.2, -0.15) is 0 Å². The summed E-state index contributed by atoms with van der Waals surface area (Å²) < 4.78 is 10.4. The number of carboxylic acid groups (broad SMARTS) is 1. The number of phenolic OH excluding ortho intramolecular Hbond substituents is 1. The third kappa shape index (κ3) is 1.96. The van der Waals surface area contributed by atoms with Crippen molar-refractivity contribution in [3.05, 3.63) is 16.7 Å². The van der Waals surface area contributed by atoms with Crippen LogP contribution in [0.3, 0.4) is 0 Å². The number of aliphatic hydroxyl groups excluding tert-OH is 1. The van der Waals surface area contributed by atoms with Crippen LogP contribution in [0.5, 0.6) is 17.2 Å². The van der Waals surface area contributed by atoms with E-state index < -0.39 is 17.8 Å². The van der Waals surface area contributed by atoms with Crippen LogP contribution in [0.2, 0.25) is 5.02 Å². The van der Waals surface area contributed by atoms with Gasteiger partial charge in [0.1, 0.15) is 19.0 Å². The van der Waals surface area contributed by atoms with Gasteiger partial charge in [0.2, 0.25) is 0 Å². The largest absolute Gasteiger partial charge is 0.506 e. The number of benzene rings is 1. The molecule has 0 aromatic heterocycles. The fourth-order valence-electron chi connectivity index (χ4n) is 1.55. The second-order valence-corrected chi connectivity index (χ2v) is 3.79. The number of carbonyl (C=O) groups is 1. The lowest BCUT2D eigenvalue weighted by atomic mass is 10.1. The average Bonchev–Trinajstić information content (AvgIpc) is 2.30. The molecule has 0 saturated carbocycles. The van der Waals surface area contributed by atoms with Gasteiger partial charge in [0.05, 0.1) is 10.6 Å². The van der Waals surface area contributed by atoms with Crippen molar-refractivity contribution < 1.29 is 29.6 Å². The molecule has 2 rings (SSSR count). The number of aromatic hydroxyl groups is 1. The Morgan fingerprint density at radius 2 is 2.06 bits per heavy atom. The van der Waals surface area contributed by atoms with E-state index in [0.717, 1.165) is 0 Å². The SMILES string of the molecule is O=C(O)C(O)c1c(O)c(Cl)cc2c1OCCO2. The molecule has 0 fully saturated rings. The first-order valence-corrected chi connectivity index (χ1v) is 5.12. The zero-order chi connectivity index (χ0) is 12.6. The molecule has 0 aliphatic carbocycles. The number of halogens is 1. The molecule has 0 amide bonds. The van der Waals surface area contributed by atoms with Crippen LogP contribution in [0.25, 0.3) is 0 Å². The molecule has 6 nitrogen and oxygen atoms in total. The second kappa shape index (κ2) is 4.31. The standard InChI is InChI=1S/C10H9ClO6/c11-4-3-5-9(17-2-1-16-5)6(7(4)12)8(13)10(14)15/h3,8,12-13H,1-2H2,(H,14,15). The highest BCUT2D eigenvalue weighted by atomic mass is 35.5. The first kappa shape index (κ1) is 11.8. The van der Waals surface area contributed by atoms with Crippen molar-refractivity contribution in [3.8, 4) is 17.2 Å². The molecule has 1 atom stereocenters. The maximum Gasteiger partial charge on any atom is 0.337 e. The van der Waals surface area contributed by atoms with Gasteiger partial charge in [-0.1, -0.05) is 11.6 Å². The topological polar surface area (TPSA) is 96.2 Å². The van der Waals surface area contributed by atoms with Crippen molar-refractivity contribution in [3.63, 3.8) is 0 Å². The van der Waals surface area contributed by atoms with Crippen molar-refractivity contribution in [1.82, 2.24) is 0 Å². The van der Waals surface area contributed by atoms with Gasteiger partial charge in [0, 0.05) is 6.07 Å². The number of aliphatic carboxylic acids is 1. The highest BCUT2D eigenvalue weighted by Gasteiger charge is 2.30. The van der Waals surface area contributed by atoms with Crippen LogP contribution in [0, 0.1) is 0 Å². The lowest BCUT2D eigenvalue weighted by Crippen LogP contribution is -2.19. The van der Waals surface area contributed by atoms with Gasteiger partial charge in [-0.05, 0) is 0 Å². The Morgan fingerprint density at radius 3 is 2.71 bits per heavy atom. The number of rotatable bonds is 2. The summed E-state index contributed by atoms with van der Waals surface area (Å²) in [5.74, 6) is -1.83. The Kier molecular flexibility index (Phi) is 2.99. The smallest absolute Gasteiger partial charge is 0.337 e. The van der Waals surface area contributed by atoms with E-state index >= 15 is 0 Å². The van der Waals surface area contributed by atoms with Crippen molar-refractivity contribution in [1.29, 1.82) is 0 Å². The molecule has 1 aliphatic rings. The summed E-state index contributed by atoms with van der Waals surface area (Å²) in [6.07, 6.45) is -1.93. The van der Waals surface area contributed by atoms with E-state index in [-0.39, 0.29) is 35.3 Å². The highest BCUT2D eigenvalue weighted by molar-refractivity contribution is 6.32. The van der Waals surface area contributed by atoms with Gasteiger partial charge in [0.25, 0.3) is 0 Å². The molecule has 17 heavy (non-hydrogen) atoms. The maximum absolute atomic E-state index is 10.7. The van der Waals surface area contributed by atoms with Crippen molar-refractivity contribution in [2.24, 2.45) is 0 Å². The summed E-state index contributed by atoms with van der Waals surface area (Å²) in [5, 5.41) is 27.8. The van der Waals surface area contributed by atoms with Crippen molar-refractivity contribution in [2.45, 2.75) is 6.10 Å². The van der Waals surface area contributed by atoms with Gasteiger partial charge < -0.3 is 24.8 Å². The Bertz CT molecular complexity index is 472. The molecule has 92 valence electrons. The minimum Gasteiger partial charge on any atom is -0.506 e. The fourth-order valence-corrected chi connectivity index (χ4v) is 1.75. The van der Waals surface area contributed by atoms with E-state index in [9.17, 15) is 15.0 Å². The lowest BCUT2D eigenvalue weighted by Gasteiger charge is -2.23. The van der Waals surface area contributed by atoms with Gasteiger partial charge in [-0.3, -0.25) is 0 Å². The molecular formula is C10H9ClO6. The number of hydrogen-bond donors (Lipinski definition) is 3. The summed E-state index contributed by atoms with van der Waals surface area (Å²) in [4.78, 5) is 10.7. The molecule has 0 saturated heterocycles. The van der Waals surface area contributed by atoms with Crippen LogP contribution in [0.15, 0.2) is 6.07 Å². The minimum absolute atomic E-state index is 0.00745. The zero-order valence-electron chi connectivity index (χ0n) is 8.51. The first-order chi connectivity index (χ1) is 8.02. The van der Waals surface area contributed by atoms with E-state index in [2.05, 4.69) is 0 Å². The molecule has 3 N–H and O–H groups in total. The zero-order valence-corrected chi connectivity index (χ0v) is 9.27. The number of hydrogen-bond acceptors (Lipinski definition) is 5. The summed E-state index contributed by atoms with van der Waals surface area (Å²) in [5.41, 5.74) is -0.292. The minimum atomic E-state index is -1.93. The van der Waals surface area contributed by atoms with Crippen LogP contribution in [-0.4, -0.2) is 34.5 Å². The summed E-state index contributed by atoms with van der Waals surface area (Å²) in [6, 6.07) is 1.31. The molecule has 7 heteroatoms. The molecule has 0 radical (unpaired) electrons. The summed E-state index contributed by atoms with van der Waals surface area (Å²) >= 11 is 5.71. The van der Waals surface area contributed by atoms with E-state index in [1.54, 1.807) is 0 Å². The first-order valence-electron chi connectivity index (χ1n) is 4.74.